The van der Waals surface area contributed by atoms with E-state index in [-0.39, 0.29) is 5.56 Å². The lowest BCUT2D eigenvalue weighted by molar-refractivity contribution is 0.960. The van der Waals surface area contributed by atoms with Crippen molar-refractivity contribution in [2.45, 2.75) is 0 Å². The van der Waals surface area contributed by atoms with Gasteiger partial charge in [0, 0.05) is 5.38 Å². The van der Waals surface area contributed by atoms with E-state index in [4.69, 9.17) is 0 Å². The van der Waals surface area contributed by atoms with Gasteiger partial charge in [0.25, 0.3) is 5.56 Å². The van der Waals surface area contributed by atoms with Crippen molar-refractivity contribution in [3.8, 4) is 5.69 Å². The first-order valence-corrected chi connectivity index (χ1v) is 5.57. The third kappa shape index (κ3) is 1.33. The van der Waals surface area contributed by atoms with Gasteiger partial charge in [-0.2, -0.15) is 4.37 Å². The second kappa shape index (κ2) is 3.53. The van der Waals surface area contributed by atoms with Crippen molar-refractivity contribution in [1.82, 2.24) is 13.9 Å². The Bertz CT molecular complexity index is 687. The highest BCUT2D eigenvalue weighted by molar-refractivity contribution is 7.04. The fourth-order valence-corrected chi connectivity index (χ4v) is 2.13. The van der Waals surface area contributed by atoms with E-state index in [1.807, 2.05) is 30.3 Å². The van der Waals surface area contributed by atoms with Crippen LogP contribution in [0.5, 0.6) is 0 Å². The zero-order chi connectivity index (χ0) is 11.0. The SMILES string of the molecule is O=c1c2nscc2ncn1-c1ccccc1. The molecule has 16 heavy (non-hydrogen) atoms. The third-order valence-electron chi connectivity index (χ3n) is 2.32. The van der Waals surface area contributed by atoms with Crippen LogP contribution in [-0.2, 0) is 0 Å². The Labute approximate surface area is 95.0 Å². The molecule has 2 heterocycles. The van der Waals surface area contributed by atoms with Gasteiger partial charge in [-0.15, -0.1) is 0 Å². The van der Waals surface area contributed by atoms with E-state index >= 15 is 0 Å². The predicted octanol–water partition coefficient (Wildman–Crippen LogP) is 1.84. The van der Waals surface area contributed by atoms with E-state index in [0.717, 1.165) is 5.69 Å². The molecule has 2 aromatic heterocycles. The summed E-state index contributed by atoms with van der Waals surface area (Å²) in [6.07, 6.45) is 1.54. The van der Waals surface area contributed by atoms with Crippen LogP contribution in [0.2, 0.25) is 0 Å². The number of fused-ring (bicyclic) bond motifs is 1. The van der Waals surface area contributed by atoms with Gasteiger partial charge in [0.2, 0.25) is 0 Å². The smallest absolute Gasteiger partial charge is 0.266 e. The lowest BCUT2D eigenvalue weighted by Gasteiger charge is -2.03. The molecule has 0 N–H and O–H groups in total. The molecule has 3 aromatic rings. The summed E-state index contributed by atoms with van der Waals surface area (Å²) in [6.45, 7) is 0. The molecule has 0 saturated heterocycles. The summed E-state index contributed by atoms with van der Waals surface area (Å²) in [5.74, 6) is 0. The topological polar surface area (TPSA) is 47.8 Å². The van der Waals surface area contributed by atoms with E-state index in [0.29, 0.717) is 11.0 Å². The normalized spacial score (nSPS) is 10.8. The van der Waals surface area contributed by atoms with Crippen LogP contribution in [0.25, 0.3) is 16.7 Å². The molecule has 0 unspecified atom stereocenters. The Morgan fingerprint density at radius 2 is 2.00 bits per heavy atom. The van der Waals surface area contributed by atoms with Crippen molar-refractivity contribution < 1.29 is 0 Å². The number of rotatable bonds is 1. The van der Waals surface area contributed by atoms with Crippen molar-refractivity contribution >= 4 is 22.6 Å². The summed E-state index contributed by atoms with van der Waals surface area (Å²) in [4.78, 5) is 16.2. The average molecular weight is 229 g/mol. The molecule has 1 aromatic carbocycles. The van der Waals surface area contributed by atoms with Crippen LogP contribution in [0.15, 0.2) is 46.8 Å². The van der Waals surface area contributed by atoms with Crippen LogP contribution in [0.1, 0.15) is 0 Å². The molecule has 0 aliphatic carbocycles. The highest BCUT2D eigenvalue weighted by Crippen LogP contribution is 2.09. The maximum absolute atomic E-state index is 12.1. The Kier molecular flexibility index (Phi) is 2.04. The first-order valence-electron chi connectivity index (χ1n) is 4.73. The summed E-state index contributed by atoms with van der Waals surface area (Å²) in [7, 11) is 0. The van der Waals surface area contributed by atoms with Crippen LogP contribution < -0.4 is 5.56 Å². The standard InChI is InChI=1S/C11H7N3OS/c15-11-10-9(6-16-13-10)12-7-14(11)8-4-2-1-3-5-8/h1-7H. The molecule has 0 aliphatic rings. The van der Waals surface area contributed by atoms with E-state index in [1.54, 1.807) is 5.38 Å². The van der Waals surface area contributed by atoms with Gasteiger partial charge in [-0.3, -0.25) is 9.36 Å². The summed E-state index contributed by atoms with van der Waals surface area (Å²) in [5, 5.41) is 1.77. The van der Waals surface area contributed by atoms with Crippen molar-refractivity contribution in [1.29, 1.82) is 0 Å². The minimum absolute atomic E-state index is 0.127. The van der Waals surface area contributed by atoms with Crippen LogP contribution in [0.4, 0.5) is 0 Å². The van der Waals surface area contributed by atoms with Crippen LogP contribution in [0, 0.1) is 0 Å². The number of hydrogen-bond donors (Lipinski definition) is 0. The van der Waals surface area contributed by atoms with Crippen LogP contribution in [-0.4, -0.2) is 13.9 Å². The minimum atomic E-state index is -0.127. The van der Waals surface area contributed by atoms with E-state index in [9.17, 15) is 4.79 Å². The Balaban J connectivity index is 2.33. The fraction of sp³-hybridized carbons (Fsp3) is 0. The quantitative estimate of drug-likeness (QED) is 0.639. The zero-order valence-electron chi connectivity index (χ0n) is 8.20. The first kappa shape index (κ1) is 9.23. The molecule has 0 saturated carbocycles. The Hall–Kier alpha value is -2.01. The maximum atomic E-state index is 12.1. The third-order valence-corrected chi connectivity index (χ3v) is 2.94. The molecule has 5 heteroatoms. The van der Waals surface area contributed by atoms with Gasteiger partial charge in [-0.1, -0.05) is 18.2 Å². The van der Waals surface area contributed by atoms with Crippen molar-refractivity contribution in [3.05, 3.63) is 52.4 Å². The van der Waals surface area contributed by atoms with Gasteiger partial charge in [0.05, 0.1) is 5.69 Å². The molecule has 0 radical (unpaired) electrons. The van der Waals surface area contributed by atoms with Crippen LogP contribution in [0.3, 0.4) is 0 Å². The van der Waals surface area contributed by atoms with Crippen molar-refractivity contribution in [2.24, 2.45) is 0 Å². The van der Waals surface area contributed by atoms with Gasteiger partial charge in [0.15, 0.2) is 5.52 Å². The maximum Gasteiger partial charge on any atom is 0.285 e. The lowest BCUT2D eigenvalue weighted by Crippen LogP contribution is -2.18. The zero-order valence-corrected chi connectivity index (χ0v) is 9.02. The minimum Gasteiger partial charge on any atom is -0.266 e. The Morgan fingerprint density at radius 1 is 1.19 bits per heavy atom. The summed E-state index contributed by atoms with van der Waals surface area (Å²) in [6, 6.07) is 9.39. The first-order chi connectivity index (χ1) is 7.86. The van der Waals surface area contributed by atoms with Crippen LogP contribution >= 0.6 is 11.5 Å². The van der Waals surface area contributed by atoms with E-state index < -0.39 is 0 Å². The molecule has 0 bridgehead atoms. The largest absolute Gasteiger partial charge is 0.285 e. The number of benzene rings is 1. The molecule has 78 valence electrons. The molecule has 0 atom stereocenters. The monoisotopic (exact) mass is 229 g/mol. The van der Waals surface area contributed by atoms with Crippen molar-refractivity contribution in [3.63, 3.8) is 0 Å². The van der Waals surface area contributed by atoms with E-state index in [1.165, 1.54) is 22.4 Å². The van der Waals surface area contributed by atoms with Gasteiger partial charge >= 0.3 is 0 Å². The second-order valence-corrected chi connectivity index (χ2v) is 3.93. The molecule has 0 spiro atoms. The molecule has 0 fully saturated rings. The number of aromatic nitrogens is 3. The molecule has 3 rings (SSSR count). The molecular formula is C11H7N3OS. The van der Waals surface area contributed by atoms with Gasteiger partial charge in [0.1, 0.15) is 11.8 Å². The molecular weight excluding hydrogens is 222 g/mol. The lowest BCUT2D eigenvalue weighted by atomic mass is 10.3. The number of hydrogen-bond acceptors (Lipinski definition) is 4. The average Bonchev–Trinajstić information content (AvgIpc) is 2.80. The predicted molar refractivity (Wildman–Crippen MR) is 63.0 cm³/mol. The molecule has 0 aliphatic heterocycles. The second-order valence-electron chi connectivity index (χ2n) is 3.30. The van der Waals surface area contributed by atoms with Crippen molar-refractivity contribution in [2.75, 3.05) is 0 Å². The molecule has 4 nitrogen and oxygen atoms in total. The summed E-state index contributed by atoms with van der Waals surface area (Å²) < 4.78 is 5.55. The number of para-hydroxylation sites is 1. The fourth-order valence-electron chi connectivity index (χ4n) is 1.53. The molecule has 0 amide bonds. The highest BCUT2D eigenvalue weighted by Gasteiger charge is 2.06. The van der Waals surface area contributed by atoms with E-state index in [2.05, 4.69) is 9.36 Å². The Morgan fingerprint density at radius 3 is 2.81 bits per heavy atom. The summed E-state index contributed by atoms with van der Waals surface area (Å²) >= 11 is 1.25. The number of nitrogens with zero attached hydrogens (tertiary/aromatic N) is 3. The van der Waals surface area contributed by atoms with Gasteiger partial charge in [-0.05, 0) is 23.7 Å². The highest BCUT2D eigenvalue weighted by atomic mass is 32.1. The summed E-state index contributed by atoms with van der Waals surface area (Å²) in [5.41, 5.74) is 1.76. The van der Waals surface area contributed by atoms with Gasteiger partial charge < -0.3 is 0 Å². The van der Waals surface area contributed by atoms with Gasteiger partial charge in [-0.25, -0.2) is 4.98 Å².